The molecule has 0 aliphatic carbocycles. The lowest BCUT2D eigenvalue weighted by molar-refractivity contribution is -0.00125. The molecule has 2 aromatic rings. The number of methoxy groups -OCH3 is 1. The lowest BCUT2D eigenvalue weighted by Gasteiger charge is -2.37. The number of nitrogens with zero attached hydrogens (tertiary/aromatic N) is 3. The number of carbonyl (C=O) groups excluding carboxylic acids is 2. The predicted octanol–water partition coefficient (Wildman–Crippen LogP) is 3.93. The Kier molecular flexibility index (Phi) is 7.66. The molecule has 10 heteroatoms. The Morgan fingerprint density at radius 3 is 2.57 bits per heavy atom. The van der Waals surface area contributed by atoms with E-state index in [0.29, 0.717) is 30.2 Å². The van der Waals surface area contributed by atoms with Crippen LogP contribution >= 0.6 is 11.8 Å². The van der Waals surface area contributed by atoms with Crippen LogP contribution in [0.3, 0.4) is 0 Å². The zero-order valence-corrected chi connectivity index (χ0v) is 20.6. The maximum Gasteiger partial charge on any atom is 0.410 e. The molecule has 2 amide bonds. The van der Waals surface area contributed by atoms with Crippen LogP contribution < -0.4 is 9.47 Å². The summed E-state index contributed by atoms with van der Waals surface area (Å²) in [6.45, 7) is 3.31. The molecule has 0 saturated carbocycles. The maximum atomic E-state index is 13.1. The van der Waals surface area contributed by atoms with Crippen LogP contribution in [-0.4, -0.2) is 78.8 Å². The minimum atomic E-state index is -0.505. The number of likely N-dealkylation sites (tertiary alicyclic amines) is 1. The van der Waals surface area contributed by atoms with Crippen molar-refractivity contribution in [1.29, 1.82) is 0 Å². The fraction of sp³-hybridized carbons (Fsp3) is 0.440. The van der Waals surface area contributed by atoms with Gasteiger partial charge in [0.05, 0.1) is 25.8 Å². The molecular formula is C25H29ClFN3O5. The first kappa shape index (κ1) is 25.1. The summed E-state index contributed by atoms with van der Waals surface area (Å²) in [5.74, 6) is 0.226. The molecule has 2 aliphatic heterocycles. The highest BCUT2D eigenvalue weighted by molar-refractivity contribution is 6.24. The second-order valence-electron chi connectivity index (χ2n) is 8.87. The Morgan fingerprint density at radius 2 is 1.91 bits per heavy atom. The number of piperidine rings is 1. The lowest BCUT2D eigenvalue weighted by Crippen LogP contribution is -2.46. The first-order chi connectivity index (χ1) is 16.8. The third-order valence-corrected chi connectivity index (χ3v) is 6.60. The molecule has 4 rings (SSSR count). The van der Waals surface area contributed by atoms with Crippen molar-refractivity contribution in [2.24, 2.45) is 0 Å². The average molecular weight is 506 g/mol. The number of carbonyl (C=O) groups is 2. The Labute approximate surface area is 209 Å². The molecule has 0 N–H and O–H groups in total. The second kappa shape index (κ2) is 10.7. The van der Waals surface area contributed by atoms with Crippen molar-refractivity contribution in [2.75, 3.05) is 46.9 Å². The van der Waals surface area contributed by atoms with E-state index >= 15 is 0 Å². The normalized spacial score (nSPS) is 17.4. The molecule has 1 spiro atoms. The van der Waals surface area contributed by atoms with Crippen LogP contribution in [0, 0.1) is 5.82 Å². The zero-order chi connectivity index (χ0) is 25.0. The van der Waals surface area contributed by atoms with Crippen LogP contribution in [0.2, 0.25) is 0 Å². The van der Waals surface area contributed by atoms with Crippen LogP contribution in [0.25, 0.3) is 0 Å². The number of benzene rings is 2. The first-order valence-electron chi connectivity index (χ1n) is 11.5. The standard InChI is InChI=1S/C25H29ClFN3O5/c1-28(26)23(31)21-8-7-20(33-2)15-22(21)34-14-13-30-17-25(35-24(30)32)9-11-29(12-10-25)16-18-3-5-19(27)6-4-18/h3-8,15H,9-14,16-17H2,1-2H3. The van der Waals surface area contributed by atoms with Gasteiger partial charge in [-0.3, -0.25) is 14.1 Å². The van der Waals surface area contributed by atoms with E-state index in [9.17, 15) is 14.0 Å². The predicted molar refractivity (Wildman–Crippen MR) is 128 cm³/mol. The number of hydrogen-bond donors (Lipinski definition) is 0. The van der Waals surface area contributed by atoms with Crippen LogP contribution in [0.4, 0.5) is 9.18 Å². The van der Waals surface area contributed by atoms with E-state index in [-0.39, 0.29) is 18.5 Å². The molecule has 0 atom stereocenters. The quantitative estimate of drug-likeness (QED) is 0.506. The molecule has 0 radical (unpaired) electrons. The molecular weight excluding hydrogens is 477 g/mol. The summed E-state index contributed by atoms with van der Waals surface area (Å²) in [7, 11) is 2.97. The van der Waals surface area contributed by atoms with Crippen LogP contribution in [-0.2, 0) is 11.3 Å². The fourth-order valence-electron chi connectivity index (χ4n) is 4.45. The van der Waals surface area contributed by atoms with Crippen molar-refractivity contribution in [3.05, 3.63) is 59.4 Å². The van der Waals surface area contributed by atoms with Gasteiger partial charge < -0.3 is 19.1 Å². The van der Waals surface area contributed by atoms with Gasteiger partial charge in [-0.25, -0.2) is 9.18 Å². The molecule has 2 saturated heterocycles. The van der Waals surface area contributed by atoms with Crippen LogP contribution in [0.1, 0.15) is 28.8 Å². The highest BCUT2D eigenvalue weighted by Crippen LogP contribution is 2.34. The highest BCUT2D eigenvalue weighted by Gasteiger charge is 2.46. The third kappa shape index (κ3) is 5.97. The maximum absolute atomic E-state index is 13.1. The average Bonchev–Trinajstić information content (AvgIpc) is 3.16. The Bertz CT molecular complexity index is 1060. The van der Waals surface area contributed by atoms with E-state index in [1.807, 2.05) is 0 Å². The van der Waals surface area contributed by atoms with Gasteiger partial charge in [0, 0.05) is 57.4 Å². The van der Waals surface area contributed by atoms with E-state index in [0.717, 1.165) is 42.5 Å². The number of ether oxygens (including phenoxy) is 3. The SMILES string of the molecule is COc1ccc(C(=O)N(C)Cl)c(OCCN2CC3(CCN(Cc4ccc(F)cc4)CC3)OC2=O)c1. The van der Waals surface area contributed by atoms with E-state index in [4.69, 9.17) is 26.0 Å². The van der Waals surface area contributed by atoms with Crippen molar-refractivity contribution >= 4 is 23.8 Å². The molecule has 0 aromatic heterocycles. The molecule has 2 aromatic carbocycles. The number of halogens is 2. The molecule has 8 nitrogen and oxygen atoms in total. The van der Waals surface area contributed by atoms with Gasteiger partial charge in [0.15, 0.2) is 0 Å². The van der Waals surface area contributed by atoms with Crippen molar-refractivity contribution in [3.63, 3.8) is 0 Å². The van der Waals surface area contributed by atoms with E-state index < -0.39 is 11.5 Å². The zero-order valence-electron chi connectivity index (χ0n) is 19.8. The molecule has 188 valence electrons. The minimum Gasteiger partial charge on any atom is -0.497 e. The number of rotatable bonds is 8. The first-order valence-corrected chi connectivity index (χ1v) is 11.8. The summed E-state index contributed by atoms with van der Waals surface area (Å²) in [5, 5.41) is 0. The van der Waals surface area contributed by atoms with E-state index in [1.165, 1.54) is 26.3 Å². The second-order valence-corrected chi connectivity index (χ2v) is 9.38. The Hall–Kier alpha value is -3.04. The van der Waals surface area contributed by atoms with Crippen LogP contribution in [0.5, 0.6) is 11.5 Å². The Morgan fingerprint density at radius 1 is 1.20 bits per heavy atom. The smallest absolute Gasteiger partial charge is 0.410 e. The molecule has 2 fully saturated rings. The van der Waals surface area contributed by atoms with Gasteiger partial charge >= 0.3 is 6.09 Å². The van der Waals surface area contributed by atoms with Crippen molar-refractivity contribution in [3.8, 4) is 11.5 Å². The van der Waals surface area contributed by atoms with Gasteiger partial charge in [-0.2, -0.15) is 0 Å². The largest absolute Gasteiger partial charge is 0.497 e. The summed E-state index contributed by atoms with van der Waals surface area (Å²) < 4.78 is 31.0. The molecule has 35 heavy (non-hydrogen) atoms. The summed E-state index contributed by atoms with van der Waals surface area (Å²) in [6, 6.07) is 11.4. The van der Waals surface area contributed by atoms with Gasteiger partial charge in [-0.1, -0.05) is 12.1 Å². The minimum absolute atomic E-state index is 0.182. The Balaban J connectivity index is 1.30. The van der Waals surface area contributed by atoms with Crippen molar-refractivity contribution in [2.45, 2.75) is 25.0 Å². The van der Waals surface area contributed by atoms with Gasteiger partial charge in [-0.05, 0) is 29.8 Å². The molecule has 2 heterocycles. The van der Waals surface area contributed by atoms with Gasteiger partial charge in [0.25, 0.3) is 5.91 Å². The lowest BCUT2D eigenvalue weighted by atomic mass is 9.91. The summed E-state index contributed by atoms with van der Waals surface area (Å²) in [4.78, 5) is 28.9. The number of hydrogen-bond acceptors (Lipinski definition) is 6. The molecule has 2 aliphatic rings. The summed E-state index contributed by atoms with van der Waals surface area (Å²) in [5.41, 5.74) is 0.854. The van der Waals surface area contributed by atoms with Crippen LogP contribution in [0.15, 0.2) is 42.5 Å². The third-order valence-electron chi connectivity index (χ3n) is 6.45. The van der Waals surface area contributed by atoms with E-state index in [2.05, 4.69) is 4.90 Å². The van der Waals surface area contributed by atoms with E-state index in [1.54, 1.807) is 35.2 Å². The topological polar surface area (TPSA) is 71.6 Å². The molecule has 0 bridgehead atoms. The summed E-state index contributed by atoms with van der Waals surface area (Å²) in [6.07, 6.45) is 1.10. The van der Waals surface area contributed by atoms with Gasteiger partial charge in [0.2, 0.25) is 0 Å². The van der Waals surface area contributed by atoms with Crippen molar-refractivity contribution in [1.82, 2.24) is 14.2 Å². The monoisotopic (exact) mass is 505 g/mol. The molecule has 0 unspecified atom stereocenters. The fourth-order valence-corrected chi connectivity index (χ4v) is 4.54. The highest BCUT2D eigenvalue weighted by atomic mass is 35.5. The van der Waals surface area contributed by atoms with Crippen molar-refractivity contribution < 1.29 is 28.2 Å². The number of amides is 2. The van der Waals surface area contributed by atoms with Gasteiger partial charge in [-0.15, -0.1) is 0 Å². The summed E-state index contributed by atoms with van der Waals surface area (Å²) >= 11 is 5.82. The van der Waals surface area contributed by atoms with Gasteiger partial charge in [0.1, 0.15) is 29.5 Å².